The van der Waals surface area contributed by atoms with Crippen molar-refractivity contribution in [3.8, 4) is 0 Å². The molecule has 2 rings (SSSR count). The van der Waals surface area contributed by atoms with E-state index in [4.69, 9.17) is 9.52 Å². The lowest BCUT2D eigenvalue weighted by Crippen LogP contribution is -1.98. The van der Waals surface area contributed by atoms with E-state index >= 15 is 0 Å². The summed E-state index contributed by atoms with van der Waals surface area (Å²) in [6.45, 7) is 0. The Kier molecular flexibility index (Phi) is 3.11. The molecule has 0 atom stereocenters. The number of benzene rings is 1. The fraction of sp³-hybridized carbons (Fsp3) is 0. The minimum absolute atomic E-state index is 0. The zero-order valence-corrected chi connectivity index (χ0v) is 8.28. The van der Waals surface area contributed by atoms with Crippen molar-refractivity contribution >= 4 is 29.3 Å². The first kappa shape index (κ1) is 11.3. The first-order valence-corrected chi connectivity index (χ1v) is 3.94. The highest BCUT2D eigenvalue weighted by Crippen LogP contribution is 2.13. The average Bonchev–Trinajstić information content (AvgIpc) is 2.16. The molecule has 15 heavy (non-hydrogen) atoms. The molecule has 0 spiro atoms. The highest BCUT2D eigenvalue weighted by atomic mass is 35.5. The Balaban J connectivity index is 0.00000112. The van der Waals surface area contributed by atoms with Gasteiger partial charge in [0.15, 0.2) is 0 Å². The Hall–Kier alpha value is -1.81. The molecule has 78 valence electrons. The third kappa shape index (κ3) is 2.16. The van der Waals surface area contributed by atoms with Crippen molar-refractivity contribution in [2.75, 3.05) is 0 Å². The van der Waals surface area contributed by atoms with Crippen LogP contribution in [0.2, 0.25) is 0 Å². The molecule has 1 aromatic carbocycles. The van der Waals surface area contributed by atoms with Crippen molar-refractivity contribution in [1.29, 1.82) is 0 Å². The molecular weight excluding hydrogens is 220 g/mol. The van der Waals surface area contributed by atoms with Crippen molar-refractivity contribution in [2.45, 2.75) is 0 Å². The summed E-state index contributed by atoms with van der Waals surface area (Å²) in [7, 11) is 0. The second-order valence-corrected chi connectivity index (χ2v) is 2.81. The van der Waals surface area contributed by atoms with Gasteiger partial charge in [-0.15, -0.1) is 12.4 Å². The number of carbonyl (C=O) groups is 1. The number of carboxylic acids is 1. The topological polar surface area (TPSA) is 67.5 Å². The van der Waals surface area contributed by atoms with Gasteiger partial charge in [0.25, 0.3) is 0 Å². The lowest BCUT2D eigenvalue weighted by molar-refractivity contribution is 0.0697. The highest BCUT2D eigenvalue weighted by Gasteiger charge is 2.04. The molecule has 0 unspecified atom stereocenters. The maximum Gasteiger partial charge on any atom is 0.336 e. The number of carboxylic acid groups (broad SMARTS) is 1. The zero-order chi connectivity index (χ0) is 10.1. The normalized spacial score (nSPS) is 9.60. The van der Waals surface area contributed by atoms with E-state index in [-0.39, 0.29) is 18.0 Å². The van der Waals surface area contributed by atoms with Crippen LogP contribution >= 0.6 is 12.4 Å². The molecule has 5 heteroatoms. The van der Waals surface area contributed by atoms with E-state index in [9.17, 15) is 9.59 Å². The first-order valence-electron chi connectivity index (χ1n) is 3.94. The molecule has 4 nitrogen and oxygen atoms in total. The Morgan fingerprint density at radius 1 is 1.20 bits per heavy atom. The quantitative estimate of drug-likeness (QED) is 0.755. The van der Waals surface area contributed by atoms with Gasteiger partial charge in [0, 0.05) is 11.5 Å². The summed E-state index contributed by atoms with van der Waals surface area (Å²) in [5.74, 6) is -1.00. The van der Waals surface area contributed by atoms with Crippen molar-refractivity contribution in [3.05, 3.63) is 46.3 Å². The standard InChI is InChI=1S/C10H6O4.ClH/c11-9-4-2-6-5-7(10(12)13)1-3-8(6)14-9;/h1-5H,(H,12,13);1H. The monoisotopic (exact) mass is 226 g/mol. The molecule has 0 saturated carbocycles. The van der Waals surface area contributed by atoms with E-state index in [1.54, 1.807) is 0 Å². The lowest BCUT2D eigenvalue weighted by Gasteiger charge is -1.97. The molecule has 0 bridgehead atoms. The molecule has 1 heterocycles. The summed E-state index contributed by atoms with van der Waals surface area (Å²) in [5, 5.41) is 9.31. The summed E-state index contributed by atoms with van der Waals surface area (Å²) in [6.07, 6.45) is 0. The van der Waals surface area contributed by atoms with Crippen LogP contribution in [0.4, 0.5) is 0 Å². The summed E-state index contributed by atoms with van der Waals surface area (Å²) < 4.78 is 4.85. The second-order valence-electron chi connectivity index (χ2n) is 2.81. The van der Waals surface area contributed by atoms with Gasteiger partial charge in [-0.1, -0.05) is 0 Å². The second kappa shape index (κ2) is 4.14. The molecular formula is C10H7ClO4. The predicted octanol–water partition coefficient (Wildman–Crippen LogP) is 1.91. The van der Waals surface area contributed by atoms with Crippen LogP contribution < -0.4 is 5.63 Å². The van der Waals surface area contributed by atoms with Gasteiger partial charge in [-0.3, -0.25) is 0 Å². The van der Waals surface area contributed by atoms with Crippen molar-refractivity contribution in [2.24, 2.45) is 0 Å². The summed E-state index contributed by atoms with van der Waals surface area (Å²) >= 11 is 0. The minimum Gasteiger partial charge on any atom is -0.478 e. The Morgan fingerprint density at radius 2 is 1.93 bits per heavy atom. The van der Waals surface area contributed by atoms with E-state index in [1.807, 2.05) is 0 Å². The van der Waals surface area contributed by atoms with Crippen LogP contribution in [-0.4, -0.2) is 11.1 Å². The predicted molar refractivity (Wildman–Crippen MR) is 56.7 cm³/mol. The van der Waals surface area contributed by atoms with Gasteiger partial charge in [-0.2, -0.15) is 0 Å². The number of rotatable bonds is 1. The fourth-order valence-corrected chi connectivity index (χ4v) is 1.20. The molecule has 0 fully saturated rings. The third-order valence-electron chi connectivity index (χ3n) is 1.87. The molecule has 0 aliphatic carbocycles. The molecule has 0 aliphatic heterocycles. The largest absolute Gasteiger partial charge is 0.478 e. The number of halogens is 1. The van der Waals surface area contributed by atoms with E-state index in [0.29, 0.717) is 11.0 Å². The maximum absolute atomic E-state index is 10.8. The van der Waals surface area contributed by atoms with Crippen LogP contribution in [0.15, 0.2) is 39.5 Å². The van der Waals surface area contributed by atoms with Gasteiger partial charge in [-0.05, 0) is 24.3 Å². The molecule has 1 N–H and O–H groups in total. The molecule has 0 amide bonds. The molecule has 0 radical (unpaired) electrons. The first-order chi connectivity index (χ1) is 6.66. The number of aromatic carboxylic acids is 1. The summed E-state index contributed by atoms with van der Waals surface area (Å²) in [6, 6.07) is 7.12. The third-order valence-corrected chi connectivity index (χ3v) is 1.87. The fourth-order valence-electron chi connectivity index (χ4n) is 1.20. The van der Waals surface area contributed by atoms with Crippen LogP contribution in [0.1, 0.15) is 10.4 Å². The number of fused-ring (bicyclic) bond motifs is 1. The van der Waals surface area contributed by atoms with E-state index in [1.165, 1.54) is 30.3 Å². The highest BCUT2D eigenvalue weighted by molar-refractivity contribution is 5.92. The van der Waals surface area contributed by atoms with Gasteiger partial charge in [-0.25, -0.2) is 9.59 Å². The Labute approximate surface area is 90.6 Å². The van der Waals surface area contributed by atoms with Crippen molar-refractivity contribution < 1.29 is 14.3 Å². The minimum atomic E-state index is -1.00. The molecule has 0 aliphatic rings. The molecule has 1 aromatic heterocycles. The van der Waals surface area contributed by atoms with E-state index in [2.05, 4.69) is 0 Å². The van der Waals surface area contributed by atoms with Gasteiger partial charge < -0.3 is 9.52 Å². The lowest BCUT2D eigenvalue weighted by atomic mass is 10.1. The molecule has 2 aromatic rings. The van der Waals surface area contributed by atoms with Crippen LogP contribution in [0.25, 0.3) is 11.0 Å². The van der Waals surface area contributed by atoms with Crippen molar-refractivity contribution in [3.63, 3.8) is 0 Å². The number of hydrogen-bond donors (Lipinski definition) is 1. The smallest absolute Gasteiger partial charge is 0.336 e. The summed E-state index contributed by atoms with van der Waals surface area (Å²) in [5.41, 5.74) is 0.120. The average molecular weight is 227 g/mol. The van der Waals surface area contributed by atoms with Gasteiger partial charge >= 0.3 is 11.6 Å². The van der Waals surface area contributed by atoms with Gasteiger partial charge in [0.2, 0.25) is 0 Å². The maximum atomic E-state index is 10.8. The van der Waals surface area contributed by atoms with E-state index < -0.39 is 11.6 Å². The van der Waals surface area contributed by atoms with Crippen LogP contribution in [0.5, 0.6) is 0 Å². The van der Waals surface area contributed by atoms with Gasteiger partial charge in [0.05, 0.1) is 5.56 Å². The molecule has 0 saturated heterocycles. The SMILES string of the molecule is Cl.O=C(O)c1ccc2oc(=O)ccc2c1. The van der Waals surface area contributed by atoms with E-state index in [0.717, 1.165) is 0 Å². The Bertz CT molecular complexity index is 559. The van der Waals surface area contributed by atoms with Gasteiger partial charge in [0.1, 0.15) is 5.58 Å². The van der Waals surface area contributed by atoms with Crippen LogP contribution in [0.3, 0.4) is 0 Å². The van der Waals surface area contributed by atoms with Crippen molar-refractivity contribution in [1.82, 2.24) is 0 Å². The van der Waals surface area contributed by atoms with Crippen LogP contribution in [0, 0.1) is 0 Å². The Morgan fingerprint density at radius 3 is 2.60 bits per heavy atom. The zero-order valence-electron chi connectivity index (χ0n) is 7.47. The summed E-state index contributed by atoms with van der Waals surface area (Å²) in [4.78, 5) is 21.4. The number of hydrogen-bond acceptors (Lipinski definition) is 3. The van der Waals surface area contributed by atoms with Crippen LogP contribution in [-0.2, 0) is 0 Å².